The van der Waals surface area contributed by atoms with E-state index in [0.717, 1.165) is 19.1 Å². The van der Waals surface area contributed by atoms with E-state index in [1.165, 1.54) is 64.5 Å². The van der Waals surface area contributed by atoms with Crippen molar-refractivity contribution in [3.8, 4) is 0 Å². The van der Waals surface area contributed by atoms with Crippen LogP contribution in [0.5, 0.6) is 0 Å². The van der Waals surface area contributed by atoms with Gasteiger partial charge in [0.2, 0.25) is 0 Å². The van der Waals surface area contributed by atoms with Crippen molar-refractivity contribution < 1.29 is 4.74 Å². The highest BCUT2D eigenvalue weighted by Gasteiger charge is 2.65. The molecule has 4 fully saturated rings. The predicted octanol–water partition coefficient (Wildman–Crippen LogP) is 3.38. The molecule has 0 radical (unpaired) electrons. The predicted molar refractivity (Wildman–Crippen MR) is 122 cm³/mol. The zero-order valence-electron chi connectivity index (χ0n) is 17.4. The monoisotopic (exact) mass is 490 g/mol. The zero-order chi connectivity index (χ0) is 18.2. The normalized spacial score (nSPS) is 33.3. The summed E-state index contributed by atoms with van der Waals surface area (Å²) in [6, 6.07) is 0.543. The summed E-state index contributed by atoms with van der Waals surface area (Å²) in [5.41, 5.74) is 0.545. The largest absolute Gasteiger partial charge is 0.377 e. The number of aliphatic imine (C=N–C) groups is 1. The third kappa shape index (κ3) is 4.00. The van der Waals surface area contributed by atoms with Crippen LogP contribution >= 0.6 is 24.0 Å². The number of hydrogen-bond acceptors (Lipinski definition) is 3. The van der Waals surface area contributed by atoms with E-state index in [0.29, 0.717) is 23.5 Å². The second-order valence-corrected chi connectivity index (χ2v) is 9.59. The number of likely N-dealkylation sites (tertiary alicyclic amines) is 1. The summed E-state index contributed by atoms with van der Waals surface area (Å²) in [6.45, 7) is 9.07. The third-order valence-corrected chi connectivity index (χ3v) is 7.70. The van der Waals surface area contributed by atoms with Crippen LogP contribution in [0.1, 0.15) is 65.2 Å². The van der Waals surface area contributed by atoms with Crippen LogP contribution < -0.4 is 10.6 Å². The van der Waals surface area contributed by atoms with Gasteiger partial charge in [0.15, 0.2) is 5.96 Å². The Balaban J connectivity index is 0.00000210. The van der Waals surface area contributed by atoms with Gasteiger partial charge in [-0.2, -0.15) is 0 Å². The van der Waals surface area contributed by atoms with Crippen molar-refractivity contribution in [3.63, 3.8) is 0 Å². The fourth-order valence-electron chi connectivity index (χ4n) is 6.16. The third-order valence-electron chi connectivity index (χ3n) is 7.70. The molecule has 3 atom stereocenters. The highest BCUT2D eigenvalue weighted by atomic mass is 127. The highest BCUT2D eigenvalue weighted by Crippen LogP contribution is 2.60. The Morgan fingerprint density at radius 2 is 1.85 bits per heavy atom. The van der Waals surface area contributed by atoms with Gasteiger partial charge in [0.25, 0.3) is 0 Å². The number of nitrogens with zero attached hydrogens (tertiary/aromatic N) is 2. The standard InChI is InChI=1S/C21H38N4O.HI/c1-20(2,25-12-7-4-8-13-25)15-23-19(22-3)24-17-16-9-14-26-18(16)21(17)10-5-6-11-21;/h16-18H,4-15H2,1-3H3,(H2,22,23,24);1H. The molecule has 0 aromatic rings. The molecule has 4 rings (SSSR count). The van der Waals surface area contributed by atoms with E-state index < -0.39 is 0 Å². The first-order valence-electron chi connectivity index (χ1n) is 10.9. The van der Waals surface area contributed by atoms with E-state index in [1.54, 1.807) is 0 Å². The van der Waals surface area contributed by atoms with Crippen molar-refractivity contribution in [2.75, 3.05) is 33.3 Å². The Labute approximate surface area is 182 Å². The number of piperidine rings is 1. The van der Waals surface area contributed by atoms with Crippen molar-refractivity contribution in [1.82, 2.24) is 15.5 Å². The molecule has 1 spiro atoms. The lowest BCUT2D eigenvalue weighted by molar-refractivity contribution is -0.125. The van der Waals surface area contributed by atoms with Crippen molar-refractivity contribution in [1.29, 1.82) is 0 Å². The molecule has 2 N–H and O–H groups in total. The topological polar surface area (TPSA) is 48.9 Å². The van der Waals surface area contributed by atoms with Gasteiger partial charge >= 0.3 is 0 Å². The molecule has 2 saturated carbocycles. The summed E-state index contributed by atoms with van der Waals surface area (Å²) in [7, 11) is 1.91. The number of hydrogen-bond donors (Lipinski definition) is 2. The van der Waals surface area contributed by atoms with E-state index in [9.17, 15) is 0 Å². The van der Waals surface area contributed by atoms with Crippen LogP contribution in [-0.2, 0) is 4.74 Å². The Kier molecular flexibility index (Phi) is 7.00. The molecular formula is C21H39IN4O. The van der Waals surface area contributed by atoms with Gasteiger partial charge in [-0.05, 0) is 59.0 Å². The minimum absolute atomic E-state index is 0. The van der Waals surface area contributed by atoms with Gasteiger partial charge in [-0.1, -0.05) is 19.3 Å². The van der Waals surface area contributed by atoms with Gasteiger partial charge in [0.05, 0.1) is 6.10 Å². The first-order valence-corrected chi connectivity index (χ1v) is 10.9. The van der Waals surface area contributed by atoms with Gasteiger partial charge in [-0.3, -0.25) is 9.89 Å². The average molecular weight is 490 g/mol. The second-order valence-electron chi connectivity index (χ2n) is 9.59. The molecule has 2 aliphatic heterocycles. The number of ether oxygens (including phenoxy) is 1. The van der Waals surface area contributed by atoms with Gasteiger partial charge in [-0.25, -0.2) is 0 Å². The lowest BCUT2D eigenvalue weighted by Gasteiger charge is -2.57. The van der Waals surface area contributed by atoms with Gasteiger partial charge in [0.1, 0.15) is 0 Å². The lowest BCUT2D eigenvalue weighted by atomic mass is 9.54. The fraction of sp³-hybridized carbons (Fsp3) is 0.952. The summed E-state index contributed by atoms with van der Waals surface area (Å²) in [5.74, 6) is 1.67. The quantitative estimate of drug-likeness (QED) is 0.361. The van der Waals surface area contributed by atoms with Crippen LogP contribution in [0, 0.1) is 11.3 Å². The summed E-state index contributed by atoms with van der Waals surface area (Å²) in [4.78, 5) is 7.20. The van der Waals surface area contributed by atoms with E-state index in [1.807, 2.05) is 7.05 Å². The molecule has 0 bridgehead atoms. The molecule has 6 heteroatoms. The van der Waals surface area contributed by atoms with Crippen molar-refractivity contribution in [3.05, 3.63) is 0 Å². The van der Waals surface area contributed by atoms with E-state index >= 15 is 0 Å². The van der Waals surface area contributed by atoms with Crippen LogP contribution in [0.15, 0.2) is 4.99 Å². The molecule has 5 nitrogen and oxygen atoms in total. The Hall–Kier alpha value is -0.0800. The smallest absolute Gasteiger partial charge is 0.191 e. The second kappa shape index (κ2) is 8.74. The molecular weight excluding hydrogens is 451 g/mol. The van der Waals surface area contributed by atoms with Crippen molar-refractivity contribution in [2.24, 2.45) is 16.3 Å². The van der Waals surface area contributed by atoms with Gasteiger partial charge in [-0.15, -0.1) is 24.0 Å². The molecule has 0 aromatic heterocycles. The number of halogens is 1. The Bertz CT molecular complexity index is 526. The van der Waals surface area contributed by atoms with Crippen LogP contribution in [0.4, 0.5) is 0 Å². The molecule has 0 aromatic carbocycles. The molecule has 2 aliphatic carbocycles. The Morgan fingerprint density at radius 1 is 1.15 bits per heavy atom. The summed E-state index contributed by atoms with van der Waals surface area (Å²) >= 11 is 0. The highest BCUT2D eigenvalue weighted by molar-refractivity contribution is 14.0. The van der Waals surface area contributed by atoms with Gasteiger partial charge in [0, 0.05) is 43.1 Å². The van der Waals surface area contributed by atoms with Crippen LogP contribution in [0.3, 0.4) is 0 Å². The van der Waals surface area contributed by atoms with Gasteiger partial charge < -0.3 is 15.4 Å². The van der Waals surface area contributed by atoms with Crippen molar-refractivity contribution >= 4 is 29.9 Å². The maximum Gasteiger partial charge on any atom is 0.191 e. The average Bonchev–Trinajstić information content (AvgIpc) is 3.31. The molecule has 2 heterocycles. The fourth-order valence-corrected chi connectivity index (χ4v) is 6.16. The first-order chi connectivity index (χ1) is 12.6. The zero-order valence-corrected chi connectivity index (χ0v) is 19.8. The molecule has 156 valence electrons. The van der Waals surface area contributed by atoms with Crippen LogP contribution in [-0.4, -0.2) is 61.8 Å². The van der Waals surface area contributed by atoms with E-state index in [2.05, 4.69) is 34.4 Å². The summed E-state index contributed by atoms with van der Waals surface area (Å²) < 4.78 is 6.12. The molecule has 3 unspecified atom stereocenters. The number of nitrogens with one attached hydrogen (secondary N) is 2. The summed E-state index contributed by atoms with van der Waals surface area (Å²) in [5, 5.41) is 7.47. The van der Waals surface area contributed by atoms with Crippen molar-refractivity contribution in [2.45, 2.75) is 82.9 Å². The number of rotatable bonds is 4. The van der Waals surface area contributed by atoms with Crippen LogP contribution in [0.25, 0.3) is 0 Å². The van der Waals surface area contributed by atoms with E-state index in [4.69, 9.17) is 4.74 Å². The minimum Gasteiger partial charge on any atom is -0.377 e. The molecule has 0 amide bonds. The first kappa shape index (κ1) is 21.6. The minimum atomic E-state index is 0. The maximum absolute atomic E-state index is 6.12. The SMILES string of the molecule is CN=C(NCC(C)(C)N1CCCCC1)NC1C2CCOC2C12CCCC2.I. The molecule has 27 heavy (non-hydrogen) atoms. The number of guanidine groups is 1. The number of fused-ring (bicyclic) bond motifs is 2. The molecule has 4 aliphatic rings. The molecule has 2 saturated heterocycles. The Morgan fingerprint density at radius 3 is 2.52 bits per heavy atom. The summed E-state index contributed by atoms with van der Waals surface area (Å²) in [6.07, 6.45) is 11.1. The van der Waals surface area contributed by atoms with Crippen LogP contribution in [0.2, 0.25) is 0 Å². The van der Waals surface area contributed by atoms with E-state index in [-0.39, 0.29) is 29.5 Å². The lowest BCUT2D eigenvalue weighted by Crippen LogP contribution is -2.69. The maximum atomic E-state index is 6.12.